The second-order valence-electron chi connectivity index (χ2n) is 7.95. The number of aryl methyl sites for hydroxylation is 1. The second kappa shape index (κ2) is 11.1. The van der Waals surface area contributed by atoms with E-state index in [-0.39, 0.29) is 30.0 Å². The van der Waals surface area contributed by atoms with Gasteiger partial charge >= 0.3 is 5.97 Å². The van der Waals surface area contributed by atoms with Crippen LogP contribution in [0.1, 0.15) is 31.4 Å². The minimum Gasteiger partial charge on any atom is -0.460 e. The third-order valence-electron chi connectivity index (χ3n) is 5.44. The van der Waals surface area contributed by atoms with Gasteiger partial charge in [-0.1, -0.05) is 60.7 Å². The van der Waals surface area contributed by atoms with Gasteiger partial charge in [0.1, 0.15) is 6.10 Å². The molecule has 4 nitrogen and oxygen atoms in total. The normalized spacial score (nSPS) is 25.5. The third kappa shape index (κ3) is 6.69. The van der Waals surface area contributed by atoms with Crippen molar-refractivity contribution >= 4 is 5.97 Å². The Morgan fingerprint density at radius 3 is 2.28 bits per heavy atom. The fourth-order valence-corrected chi connectivity index (χ4v) is 3.81. The molecule has 2 aromatic rings. The highest BCUT2D eigenvalue weighted by atomic mass is 16.6. The fourth-order valence-electron chi connectivity index (χ4n) is 3.81. The van der Waals surface area contributed by atoms with E-state index >= 15 is 0 Å². The Kier molecular flexibility index (Phi) is 8.26. The van der Waals surface area contributed by atoms with Gasteiger partial charge in [0.2, 0.25) is 0 Å². The highest BCUT2D eigenvalue weighted by Crippen LogP contribution is 2.23. The van der Waals surface area contributed by atoms with Crippen LogP contribution in [0, 0.1) is 11.8 Å². The Morgan fingerprint density at radius 2 is 1.59 bits per heavy atom. The van der Waals surface area contributed by atoms with Crippen molar-refractivity contribution in [3.05, 3.63) is 71.8 Å². The molecular weight excluding hydrogens is 364 g/mol. The van der Waals surface area contributed by atoms with Gasteiger partial charge in [-0.05, 0) is 44.2 Å². The molecule has 1 aliphatic rings. The van der Waals surface area contributed by atoms with Crippen molar-refractivity contribution in [3.8, 4) is 0 Å². The van der Waals surface area contributed by atoms with E-state index in [0.717, 1.165) is 19.3 Å². The number of esters is 1. The molecule has 1 aliphatic heterocycles. The number of ether oxygens (including phenoxy) is 3. The number of carbonyl (C=O) groups is 1. The van der Waals surface area contributed by atoms with Crippen LogP contribution in [0.15, 0.2) is 60.7 Å². The molecule has 156 valence electrons. The first-order valence-corrected chi connectivity index (χ1v) is 10.6. The average molecular weight is 397 g/mol. The van der Waals surface area contributed by atoms with Crippen molar-refractivity contribution in [2.75, 3.05) is 19.8 Å². The molecular formula is C25H32O4. The van der Waals surface area contributed by atoms with Crippen LogP contribution in [-0.2, 0) is 31.8 Å². The molecule has 29 heavy (non-hydrogen) atoms. The van der Waals surface area contributed by atoms with Gasteiger partial charge < -0.3 is 14.2 Å². The summed E-state index contributed by atoms with van der Waals surface area (Å²) in [5, 5.41) is 0. The Hall–Kier alpha value is -2.17. The lowest BCUT2D eigenvalue weighted by Gasteiger charge is -2.31. The minimum atomic E-state index is -0.308. The van der Waals surface area contributed by atoms with Gasteiger partial charge in [-0.3, -0.25) is 4.79 Å². The molecule has 0 radical (unpaired) electrons. The number of cyclic esters (lactones) is 1. The van der Waals surface area contributed by atoms with Gasteiger partial charge in [-0.25, -0.2) is 0 Å². The zero-order chi connectivity index (χ0) is 20.5. The van der Waals surface area contributed by atoms with E-state index in [2.05, 4.69) is 36.4 Å². The molecule has 1 saturated heterocycles. The Morgan fingerprint density at radius 1 is 0.931 bits per heavy atom. The smallest absolute Gasteiger partial charge is 0.311 e. The van der Waals surface area contributed by atoms with Gasteiger partial charge in [0.05, 0.1) is 25.2 Å². The molecule has 0 unspecified atom stereocenters. The molecule has 3 rings (SSSR count). The van der Waals surface area contributed by atoms with Crippen LogP contribution in [-0.4, -0.2) is 38.0 Å². The van der Waals surface area contributed by atoms with Crippen LogP contribution < -0.4 is 0 Å². The number of carbonyl (C=O) groups excluding carboxylic acids is 1. The van der Waals surface area contributed by atoms with Crippen molar-refractivity contribution in [3.63, 3.8) is 0 Å². The van der Waals surface area contributed by atoms with Crippen molar-refractivity contribution in [2.45, 2.75) is 45.3 Å². The Balaban J connectivity index is 1.66. The van der Waals surface area contributed by atoms with Crippen LogP contribution in [0.4, 0.5) is 0 Å². The Labute approximate surface area is 174 Å². The van der Waals surface area contributed by atoms with Gasteiger partial charge in [-0.2, -0.15) is 0 Å². The first-order valence-electron chi connectivity index (χ1n) is 10.6. The molecule has 4 atom stereocenters. The lowest BCUT2D eigenvalue weighted by molar-refractivity contribution is -0.162. The molecule has 1 heterocycles. The summed E-state index contributed by atoms with van der Waals surface area (Å²) in [6, 6.07) is 20.8. The summed E-state index contributed by atoms with van der Waals surface area (Å²) in [4.78, 5) is 12.3. The molecule has 0 saturated carbocycles. The van der Waals surface area contributed by atoms with Crippen LogP contribution in [0.25, 0.3) is 0 Å². The van der Waals surface area contributed by atoms with Crippen LogP contribution in [0.5, 0.6) is 0 Å². The number of benzene rings is 2. The van der Waals surface area contributed by atoms with Crippen molar-refractivity contribution in [1.82, 2.24) is 0 Å². The molecule has 0 N–H and O–H groups in total. The SMILES string of the molecule is C[C@@H]1OC(=O)[C@@H](C)COC[C@H](Cc2ccccc2)[C@H]1OCCCc1ccccc1. The maximum absolute atomic E-state index is 12.3. The van der Waals surface area contributed by atoms with E-state index < -0.39 is 0 Å². The lowest BCUT2D eigenvalue weighted by Crippen LogP contribution is -2.40. The zero-order valence-corrected chi connectivity index (χ0v) is 17.5. The first-order chi connectivity index (χ1) is 14.1. The molecule has 0 aliphatic carbocycles. The quantitative estimate of drug-likeness (QED) is 0.512. The zero-order valence-electron chi connectivity index (χ0n) is 17.5. The molecule has 2 aromatic carbocycles. The second-order valence-corrected chi connectivity index (χ2v) is 7.95. The van der Waals surface area contributed by atoms with Crippen molar-refractivity contribution < 1.29 is 19.0 Å². The first kappa shape index (κ1) is 21.5. The largest absolute Gasteiger partial charge is 0.460 e. The standard InChI is InChI=1S/C25H32O4/c1-19-17-27-18-23(16-22-12-7-4-8-13-22)24(20(2)29-25(19)26)28-15-9-14-21-10-5-3-6-11-21/h3-8,10-13,19-20,23-24H,9,14-18H2,1-2H3/t19-,20-,23-,24-/m0/s1. The highest BCUT2D eigenvalue weighted by molar-refractivity contribution is 5.72. The number of hydrogen-bond acceptors (Lipinski definition) is 4. The topological polar surface area (TPSA) is 44.8 Å². The van der Waals surface area contributed by atoms with E-state index in [4.69, 9.17) is 14.2 Å². The highest BCUT2D eigenvalue weighted by Gasteiger charge is 2.33. The monoisotopic (exact) mass is 396 g/mol. The fraction of sp³-hybridized carbons (Fsp3) is 0.480. The molecule has 0 aromatic heterocycles. The van der Waals surface area contributed by atoms with E-state index in [1.807, 2.05) is 38.1 Å². The lowest BCUT2D eigenvalue weighted by atomic mass is 9.91. The average Bonchev–Trinajstić information content (AvgIpc) is 2.78. The predicted molar refractivity (Wildman–Crippen MR) is 114 cm³/mol. The molecule has 0 amide bonds. The Bertz CT molecular complexity index is 731. The maximum atomic E-state index is 12.3. The molecule has 1 fully saturated rings. The molecule has 4 heteroatoms. The predicted octanol–water partition coefficient (Wildman–Crippen LogP) is 4.46. The van der Waals surface area contributed by atoms with E-state index in [9.17, 15) is 4.79 Å². The van der Waals surface area contributed by atoms with Crippen molar-refractivity contribution in [1.29, 1.82) is 0 Å². The van der Waals surface area contributed by atoms with Gasteiger partial charge in [0, 0.05) is 12.5 Å². The maximum Gasteiger partial charge on any atom is 0.311 e. The van der Waals surface area contributed by atoms with E-state index in [1.165, 1.54) is 11.1 Å². The van der Waals surface area contributed by atoms with Crippen LogP contribution in [0.2, 0.25) is 0 Å². The summed E-state index contributed by atoms with van der Waals surface area (Å²) in [6.07, 6.45) is 2.23. The van der Waals surface area contributed by atoms with Crippen LogP contribution in [0.3, 0.4) is 0 Å². The van der Waals surface area contributed by atoms with Gasteiger partial charge in [-0.15, -0.1) is 0 Å². The number of hydrogen-bond donors (Lipinski definition) is 0. The van der Waals surface area contributed by atoms with Crippen LogP contribution >= 0.6 is 0 Å². The van der Waals surface area contributed by atoms with E-state index in [0.29, 0.717) is 19.8 Å². The summed E-state index contributed by atoms with van der Waals surface area (Å²) in [7, 11) is 0. The summed E-state index contributed by atoms with van der Waals surface area (Å²) in [5.41, 5.74) is 2.55. The minimum absolute atomic E-state index is 0.127. The van der Waals surface area contributed by atoms with Crippen molar-refractivity contribution in [2.24, 2.45) is 11.8 Å². The molecule has 0 spiro atoms. The third-order valence-corrected chi connectivity index (χ3v) is 5.44. The van der Waals surface area contributed by atoms with Gasteiger partial charge in [0.15, 0.2) is 0 Å². The summed E-state index contributed by atoms with van der Waals surface area (Å²) in [6.45, 7) is 5.36. The van der Waals surface area contributed by atoms with E-state index in [1.54, 1.807) is 0 Å². The summed E-state index contributed by atoms with van der Waals surface area (Å²) >= 11 is 0. The summed E-state index contributed by atoms with van der Waals surface area (Å²) in [5.74, 6) is -0.343. The number of rotatable bonds is 7. The summed E-state index contributed by atoms with van der Waals surface area (Å²) < 4.78 is 18.0. The molecule has 0 bridgehead atoms. The van der Waals surface area contributed by atoms with Gasteiger partial charge in [0.25, 0.3) is 0 Å².